The highest BCUT2D eigenvalue weighted by molar-refractivity contribution is 5.91. The molecule has 2 aliphatic carbocycles. The number of methoxy groups -OCH3 is 1. The van der Waals surface area contributed by atoms with Crippen LogP contribution in [0.15, 0.2) is 103 Å². The molecule has 5 aliphatic rings. The molecule has 3 saturated heterocycles. The van der Waals surface area contributed by atoms with Crippen LogP contribution in [0.2, 0.25) is 0 Å². The van der Waals surface area contributed by atoms with Crippen LogP contribution in [-0.2, 0) is 19.1 Å². The lowest BCUT2D eigenvalue weighted by atomic mass is 9.95. The summed E-state index contributed by atoms with van der Waals surface area (Å²) in [5.74, 6) is 1.94. The highest BCUT2D eigenvalue weighted by atomic mass is 16.5. The number of alkyl carbamates (subject to hydrolysis) is 1. The predicted octanol–water partition coefficient (Wildman–Crippen LogP) is 8.85. The number of nitrogens with zero attached hydrogens (tertiary/aromatic N) is 5. The van der Waals surface area contributed by atoms with Gasteiger partial charge in [0.2, 0.25) is 11.8 Å². The van der Waals surface area contributed by atoms with Gasteiger partial charge < -0.3 is 34.6 Å². The summed E-state index contributed by atoms with van der Waals surface area (Å²) in [6.45, 7) is 7.38. The number of amides is 3. The van der Waals surface area contributed by atoms with E-state index in [4.69, 9.17) is 19.4 Å². The van der Waals surface area contributed by atoms with E-state index in [1.54, 1.807) is 0 Å². The van der Waals surface area contributed by atoms with E-state index in [2.05, 4.69) is 97.9 Å². The van der Waals surface area contributed by atoms with Crippen molar-refractivity contribution in [2.24, 2.45) is 17.3 Å². The first-order chi connectivity index (χ1) is 32.1. The molecule has 3 N–H and O–H groups in total. The van der Waals surface area contributed by atoms with Gasteiger partial charge in [-0.25, -0.2) is 14.8 Å². The minimum Gasteiger partial charge on any atom is -0.453 e. The van der Waals surface area contributed by atoms with E-state index in [9.17, 15) is 14.4 Å². The number of H-pyrrole nitrogens is 2. The highest BCUT2D eigenvalue weighted by Crippen LogP contribution is 2.59. The molecule has 2 saturated carbocycles. The second-order valence-corrected chi connectivity index (χ2v) is 19.6. The fourth-order valence-electron chi connectivity index (χ4n) is 11.4. The standard InChI is InChI=1S/C53H58N8O5/c1-32(2)45(58-52(64)65-3)50(62)61-41-18-17-40(27-41)46(61)49-55-29-42(57-49)34-11-9-33(10-12-34)36-13-14-38-26-39(16-15-37(38)25-36)43-30-54-48(56-43)44-28-53(19-20-53)31-60(44)51(63)47(35-7-5-4-6-8-35)59-21-23-66-24-22-59/h4-16,25-26,29-30,32,40-41,44-47H,17-24,27-28,31H2,1-3H3,(H,54,56)(H,55,57)(H,58,64)/t40-,41+,44-,45-,46-,47?/m0/s1. The third-order valence-corrected chi connectivity index (χ3v) is 15.2. The van der Waals surface area contributed by atoms with Crippen LogP contribution >= 0.6 is 0 Å². The van der Waals surface area contributed by atoms with Crippen molar-refractivity contribution in [3.63, 3.8) is 0 Å². The van der Waals surface area contributed by atoms with E-state index in [0.29, 0.717) is 19.1 Å². The van der Waals surface area contributed by atoms with Gasteiger partial charge in [0.25, 0.3) is 0 Å². The third kappa shape index (κ3) is 7.85. The predicted molar refractivity (Wildman–Crippen MR) is 252 cm³/mol. The topological polar surface area (TPSA) is 149 Å². The molecule has 13 heteroatoms. The molecule has 4 aromatic carbocycles. The Morgan fingerprint density at radius 3 is 2.15 bits per heavy atom. The quantitative estimate of drug-likeness (QED) is 0.117. The van der Waals surface area contributed by atoms with Crippen LogP contribution in [0.1, 0.15) is 87.7 Å². The molecule has 3 amide bonds. The summed E-state index contributed by atoms with van der Waals surface area (Å²) in [4.78, 5) is 64.3. The summed E-state index contributed by atoms with van der Waals surface area (Å²) in [7, 11) is 1.32. The molecule has 66 heavy (non-hydrogen) atoms. The van der Waals surface area contributed by atoms with E-state index in [1.165, 1.54) is 7.11 Å². The summed E-state index contributed by atoms with van der Waals surface area (Å²) in [6, 6.07) is 30.7. The molecular weight excluding hydrogens is 829 g/mol. The van der Waals surface area contributed by atoms with E-state index in [-0.39, 0.29) is 47.3 Å². The van der Waals surface area contributed by atoms with Crippen molar-refractivity contribution in [2.75, 3.05) is 40.0 Å². The van der Waals surface area contributed by atoms with Gasteiger partial charge in [0.1, 0.15) is 23.7 Å². The van der Waals surface area contributed by atoms with E-state index in [0.717, 1.165) is 120 Å². The fourth-order valence-corrected chi connectivity index (χ4v) is 11.4. The highest BCUT2D eigenvalue weighted by Gasteiger charge is 2.56. The van der Waals surface area contributed by atoms with E-state index < -0.39 is 12.1 Å². The number of morpholine rings is 1. The van der Waals surface area contributed by atoms with Crippen LogP contribution in [0.4, 0.5) is 4.79 Å². The maximum Gasteiger partial charge on any atom is 0.407 e. The summed E-state index contributed by atoms with van der Waals surface area (Å²) < 4.78 is 10.5. The Hall–Kier alpha value is -6.31. The third-order valence-electron chi connectivity index (χ3n) is 15.2. The molecule has 1 unspecified atom stereocenters. The zero-order valence-corrected chi connectivity index (χ0v) is 37.9. The van der Waals surface area contributed by atoms with Crippen LogP contribution in [-0.4, -0.2) is 105 Å². The number of carbonyl (C=O) groups is 3. The number of hydrogen-bond acceptors (Lipinski definition) is 8. The van der Waals surface area contributed by atoms with Crippen molar-refractivity contribution in [1.82, 2.24) is 40.0 Å². The van der Waals surface area contributed by atoms with Gasteiger partial charge in [0, 0.05) is 31.2 Å². The molecule has 13 nitrogen and oxygen atoms in total. The number of imidazole rings is 2. The van der Waals surface area contributed by atoms with Crippen molar-refractivity contribution in [3.8, 4) is 33.6 Å². The van der Waals surface area contributed by atoms with Gasteiger partial charge in [-0.3, -0.25) is 14.5 Å². The number of aromatic amines is 2. The summed E-state index contributed by atoms with van der Waals surface area (Å²) in [6.07, 6.45) is 9.38. The molecular formula is C53H58N8O5. The lowest BCUT2D eigenvalue weighted by Crippen LogP contribution is -2.54. The number of hydrogen-bond donors (Lipinski definition) is 3. The molecule has 340 valence electrons. The number of likely N-dealkylation sites (tertiary alicyclic amines) is 2. The average molecular weight is 887 g/mol. The number of piperidine rings is 1. The zero-order chi connectivity index (χ0) is 45.1. The number of ether oxygens (including phenoxy) is 2. The Bertz CT molecular complexity index is 2760. The first-order valence-electron chi connectivity index (χ1n) is 23.7. The number of carbonyl (C=O) groups excluding carboxylic acids is 3. The van der Waals surface area contributed by atoms with Crippen molar-refractivity contribution < 1.29 is 23.9 Å². The fraction of sp³-hybridized carbons (Fsp3) is 0.415. The van der Waals surface area contributed by atoms with Crippen molar-refractivity contribution in [3.05, 3.63) is 121 Å². The summed E-state index contributed by atoms with van der Waals surface area (Å²) >= 11 is 0. The van der Waals surface area contributed by atoms with Crippen LogP contribution in [0.5, 0.6) is 0 Å². The smallest absolute Gasteiger partial charge is 0.407 e. The Labute approximate surface area is 385 Å². The van der Waals surface area contributed by atoms with Gasteiger partial charge >= 0.3 is 6.09 Å². The van der Waals surface area contributed by atoms with E-state index >= 15 is 0 Å². The Kier molecular flexibility index (Phi) is 11.0. The minimum atomic E-state index is -0.675. The number of rotatable bonds is 11. The van der Waals surface area contributed by atoms with Crippen LogP contribution in [0.3, 0.4) is 0 Å². The minimum absolute atomic E-state index is 0.0823. The first kappa shape index (κ1) is 42.3. The number of fused-ring (bicyclic) bond motifs is 3. The molecule has 0 radical (unpaired) electrons. The molecule has 2 bridgehead atoms. The van der Waals surface area contributed by atoms with Crippen molar-refractivity contribution in [2.45, 2.75) is 82.6 Å². The van der Waals surface area contributed by atoms with Crippen LogP contribution < -0.4 is 5.32 Å². The van der Waals surface area contributed by atoms with Gasteiger partial charge in [-0.05, 0) is 101 Å². The van der Waals surface area contributed by atoms with Gasteiger partial charge in [0.15, 0.2) is 0 Å². The van der Waals surface area contributed by atoms with Crippen LogP contribution in [0, 0.1) is 17.3 Å². The van der Waals surface area contributed by atoms with Gasteiger partial charge in [0.05, 0.1) is 56.2 Å². The Morgan fingerprint density at radius 1 is 0.788 bits per heavy atom. The zero-order valence-electron chi connectivity index (χ0n) is 37.9. The number of nitrogens with one attached hydrogen (secondary N) is 3. The average Bonchev–Trinajstić information content (AvgIpc) is 3.99. The maximum atomic E-state index is 14.7. The Balaban J connectivity index is 0.790. The van der Waals surface area contributed by atoms with Crippen molar-refractivity contribution in [1.29, 1.82) is 0 Å². The normalized spacial score (nSPS) is 23.2. The molecule has 11 rings (SSSR count). The lowest BCUT2D eigenvalue weighted by molar-refractivity contribution is -0.140. The molecule has 2 aromatic heterocycles. The van der Waals surface area contributed by atoms with E-state index in [1.807, 2.05) is 49.3 Å². The molecule has 1 spiro atoms. The summed E-state index contributed by atoms with van der Waals surface area (Å²) in [5.41, 5.74) is 7.37. The summed E-state index contributed by atoms with van der Waals surface area (Å²) in [5, 5.41) is 5.05. The van der Waals surface area contributed by atoms with Gasteiger partial charge in [-0.15, -0.1) is 0 Å². The van der Waals surface area contributed by atoms with Gasteiger partial charge in [-0.1, -0.05) is 92.7 Å². The van der Waals surface area contributed by atoms with Crippen LogP contribution in [0.25, 0.3) is 44.4 Å². The van der Waals surface area contributed by atoms with Gasteiger partial charge in [-0.2, -0.15) is 0 Å². The maximum absolute atomic E-state index is 14.7. The first-order valence-corrected chi connectivity index (χ1v) is 23.7. The van der Waals surface area contributed by atoms with Crippen molar-refractivity contribution >= 4 is 28.7 Å². The molecule has 6 atom stereocenters. The second-order valence-electron chi connectivity index (χ2n) is 19.6. The molecule has 3 aliphatic heterocycles. The second kappa shape index (κ2) is 17.2. The number of aromatic nitrogens is 4. The monoisotopic (exact) mass is 886 g/mol. The Morgan fingerprint density at radius 2 is 1.44 bits per heavy atom. The number of benzene rings is 4. The SMILES string of the molecule is COC(=O)N[C@H](C(=O)N1[C@@H]2CC[C@@H](C2)[C@H]1c1ncc(-c2ccc(-c3ccc4cc(-c5cnc([C@@H]6CC7(CC7)CN6C(=O)C(c6ccccc6)N6CCOCC6)[nH]5)ccc4c3)cc2)[nH]1)C(C)C. The molecule has 5 heterocycles. The largest absolute Gasteiger partial charge is 0.453 e. The molecule has 5 fully saturated rings. The molecule has 6 aromatic rings. The lowest BCUT2D eigenvalue weighted by Gasteiger charge is -2.37.